The lowest BCUT2D eigenvalue weighted by molar-refractivity contribution is -0.132. The molecule has 0 radical (unpaired) electrons. The average molecular weight is 356 g/mol. The first kappa shape index (κ1) is 17.3. The molecule has 0 atom stereocenters. The summed E-state index contributed by atoms with van der Waals surface area (Å²) in [5.74, 6) is 0.0967. The van der Waals surface area contributed by atoms with Gasteiger partial charge in [0, 0.05) is 15.8 Å². The van der Waals surface area contributed by atoms with Gasteiger partial charge in [0.05, 0.1) is 23.0 Å². The van der Waals surface area contributed by atoms with E-state index in [1.54, 1.807) is 23.5 Å². The Balaban J connectivity index is 2.10. The Morgan fingerprint density at radius 1 is 1.18 bits per heavy atom. The van der Waals surface area contributed by atoms with Gasteiger partial charge in [0.15, 0.2) is 0 Å². The van der Waals surface area contributed by atoms with Crippen LogP contribution in [0.3, 0.4) is 0 Å². The molecule has 1 aromatic carbocycles. The number of nitrogens with zero attached hydrogens (tertiary/aromatic N) is 1. The molecule has 1 amide bonds. The number of hydrogen-bond acceptors (Lipinski definition) is 2. The van der Waals surface area contributed by atoms with Gasteiger partial charge in [-0.05, 0) is 50.6 Å². The third-order valence-corrected chi connectivity index (χ3v) is 5.13. The molecule has 0 aliphatic carbocycles. The van der Waals surface area contributed by atoms with Crippen molar-refractivity contribution in [1.29, 1.82) is 0 Å². The Kier molecular flexibility index (Phi) is 5.90. The largest absolute Gasteiger partial charge is 0.335 e. The van der Waals surface area contributed by atoms with Crippen LogP contribution in [0.25, 0.3) is 0 Å². The molecule has 118 valence electrons. The molecule has 0 saturated carbocycles. The summed E-state index contributed by atoms with van der Waals surface area (Å²) in [6, 6.07) is 9.66. The molecule has 0 aliphatic rings. The van der Waals surface area contributed by atoms with E-state index in [1.807, 2.05) is 24.8 Å². The van der Waals surface area contributed by atoms with Crippen LogP contribution in [0.1, 0.15) is 29.2 Å². The molecule has 0 N–H and O–H groups in total. The molecular weight excluding hydrogens is 337 g/mol. The van der Waals surface area contributed by atoms with Crippen molar-refractivity contribution in [3.8, 4) is 0 Å². The number of carbonyl (C=O) groups is 1. The topological polar surface area (TPSA) is 20.3 Å². The summed E-state index contributed by atoms with van der Waals surface area (Å²) >= 11 is 13.7. The zero-order valence-corrected chi connectivity index (χ0v) is 15.2. The van der Waals surface area contributed by atoms with Crippen LogP contribution in [0.5, 0.6) is 0 Å². The van der Waals surface area contributed by atoms with Gasteiger partial charge in [-0.25, -0.2) is 0 Å². The maximum Gasteiger partial charge on any atom is 0.227 e. The van der Waals surface area contributed by atoms with E-state index in [2.05, 4.69) is 19.1 Å². The fraction of sp³-hybridized carbons (Fsp3) is 0.353. The second-order valence-corrected chi connectivity index (χ2v) is 7.74. The minimum atomic E-state index is 0.0967. The van der Waals surface area contributed by atoms with Gasteiger partial charge in [-0.1, -0.05) is 29.3 Å². The summed E-state index contributed by atoms with van der Waals surface area (Å²) in [7, 11) is 0. The third kappa shape index (κ3) is 4.48. The van der Waals surface area contributed by atoms with Crippen LogP contribution in [0.2, 0.25) is 10.0 Å². The van der Waals surface area contributed by atoms with E-state index in [4.69, 9.17) is 23.2 Å². The highest BCUT2D eigenvalue weighted by molar-refractivity contribution is 7.11. The van der Waals surface area contributed by atoms with Gasteiger partial charge in [0.1, 0.15) is 0 Å². The van der Waals surface area contributed by atoms with Crippen LogP contribution in [0.15, 0.2) is 30.3 Å². The van der Waals surface area contributed by atoms with Crippen LogP contribution in [0.4, 0.5) is 0 Å². The molecule has 2 rings (SSSR count). The second-order valence-electron chi connectivity index (χ2n) is 5.55. The third-order valence-electron chi connectivity index (χ3n) is 3.41. The smallest absolute Gasteiger partial charge is 0.227 e. The summed E-state index contributed by atoms with van der Waals surface area (Å²) in [6.45, 7) is 6.79. The Morgan fingerprint density at radius 3 is 2.45 bits per heavy atom. The van der Waals surface area contributed by atoms with Crippen molar-refractivity contribution in [2.45, 2.75) is 39.8 Å². The van der Waals surface area contributed by atoms with E-state index in [9.17, 15) is 4.79 Å². The summed E-state index contributed by atoms with van der Waals surface area (Å²) in [5, 5.41) is 0.990. The summed E-state index contributed by atoms with van der Waals surface area (Å²) in [6.07, 6.45) is 0.333. The van der Waals surface area contributed by atoms with Crippen LogP contribution in [0, 0.1) is 6.92 Å². The molecule has 5 heteroatoms. The Hall–Kier alpha value is -1.03. The van der Waals surface area contributed by atoms with Crippen molar-refractivity contribution in [2.24, 2.45) is 0 Å². The minimum absolute atomic E-state index is 0.0967. The lowest BCUT2D eigenvalue weighted by Gasteiger charge is -2.26. The van der Waals surface area contributed by atoms with Crippen molar-refractivity contribution in [3.63, 3.8) is 0 Å². The second kappa shape index (κ2) is 7.49. The molecule has 2 aromatic rings. The van der Waals surface area contributed by atoms with Crippen LogP contribution in [-0.4, -0.2) is 16.8 Å². The Bertz CT molecular complexity index is 666. The number of halogens is 2. The molecule has 2 nitrogen and oxygen atoms in total. The van der Waals surface area contributed by atoms with Crippen molar-refractivity contribution in [3.05, 3.63) is 55.7 Å². The van der Waals surface area contributed by atoms with Gasteiger partial charge in [-0.3, -0.25) is 4.79 Å². The van der Waals surface area contributed by atoms with Gasteiger partial charge in [-0.15, -0.1) is 11.3 Å². The average Bonchev–Trinajstić information content (AvgIpc) is 2.85. The minimum Gasteiger partial charge on any atom is -0.335 e. The van der Waals surface area contributed by atoms with Gasteiger partial charge in [0.25, 0.3) is 0 Å². The number of aryl methyl sites for hydroxylation is 1. The maximum absolute atomic E-state index is 12.6. The lowest BCUT2D eigenvalue weighted by Crippen LogP contribution is -2.37. The number of thiophene rings is 1. The first-order valence-corrected chi connectivity index (χ1v) is 8.72. The van der Waals surface area contributed by atoms with E-state index in [1.165, 1.54) is 9.75 Å². The maximum atomic E-state index is 12.6. The lowest BCUT2D eigenvalue weighted by atomic mass is 10.1. The molecule has 0 unspecified atom stereocenters. The van der Waals surface area contributed by atoms with E-state index in [0.29, 0.717) is 23.0 Å². The molecule has 0 spiro atoms. The molecular formula is C17H19Cl2NOS. The van der Waals surface area contributed by atoms with E-state index in [0.717, 1.165) is 5.56 Å². The monoisotopic (exact) mass is 355 g/mol. The molecule has 0 aliphatic heterocycles. The van der Waals surface area contributed by atoms with Crippen molar-refractivity contribution in [2.75, 3.05) is 0 Å². The van der Waals surface area contributed by atoms with Crippen molar-refractivity contribution in [1.82, 2.24) is 4.90 Å². The van der Waals surface area contributed by atoms with Crippen LogP contribution >= 0.6 is 34.5 Å². The Labute approximate surface area is 145 Å². The number of carbonyl (C=O) groups excluding carboxylic acids is 1. The zero-order valence-electron chi connectivity index (χ0n) is 12.9. The summed E-state index contributed by atoms with van der Waals surface area (Å²) < 4.78 is 0. The summed E-state index contributed by atoms with van der Waals surface area (Å²) in [4.78, 5) is 17.0. The fourth-order valence-electron chi connectivity index (χ4n) is 2.22. The number of hydrogen-bond donors (Lipinski definition) is 0. The fourth-order valence-corrected chi connectivity index (χ4v) is 3.43. The molecule has 0 fully saturated rings. The van der Waals surface area contributed by atoms with Gasteiger partial charge >= 0.3 is 0 Å². The van der Waals surface area contributed by atoms with Crippen molar-refractivity contribution < 1.29 is 4.79 Å². The molecule has 1 aromatic heterocycles. The number of benzene rings is 1. The van der Waals surface area contributed by atoms with Crippen LogP contribution in [-0.2, 0) is 17.8 Å². The van der Waals surface area contributed by atoms with Gasteiger partial charge in [0.2, 0.25) is 5.91 Å². The van der Waals surface area contributed by atoms with Gasteiger partial charge < -0.3 is 4.90 Å². The molecule has 0 saturated heterocycles. The Morgan fingerprint density at radius 2 is 1.91 bits per heavy atom. The predicted octanol–water partition coefficient (Wildman–Crippen LogP) is 5.34. The molecule has 22 heavy (non-hydrogen) atoms. The van der Waals surface area contributed by atoms with Crippen LogP contribution < -0.4 is 0 Å². The SMILES string of the molecule is Cc1ccc(CN(C(=O)Cc2ccc(Cl)c(Cl)c2)C(C)C)s1. The number of amides is 1. The van der Waals surface area contributed by atoms with Crippen molar-refractivity contribution >= 4 is 40.4 Å². The van der Waals surface area contributed by atoms with E-state index in [-0.39, 0.29) is 11.9 Å². The predicted molar refractivity (Wildman–Crippen MR) is 94.9 cm³/mol. The van der Waals surface area contributed by atoms with E-state index < -0.39 is 0 Å². The summed E-state index contributed by atoms with van der Waals surface area (Å²) in [5.41, 5.74) is 0.882. The standard InChI is InChI=1S/C17H19Cl2NOS/c1-11(2)20(10-14-6-4-12(3)22-14)17(21)9-13-5-7-15(18)16(19)8-13/h4-8,11H,9-10H2,1-3H3. The van der Waals surface area contributed by atoms with Gasteiger partial charge in [-0.2, -0.15) is 0 Å². The van der Waals surface area contributed by atoms with E-state index >= 15 is 0 Å². The molecule has 1 heterocycles. The first-order valence-electron chi connectivity index (χ1n) is 7.15. The highest BCUT2D eigenvalue weighted by Gasteiger charge is 2.18. The first-order chi connectivity index (χ1) is 10.4. The highest BCUT2D eigenvalue weighted by Crippen LogP contribution is 2.24. The normalized spacial score (nSPS) is 11.0. The number of rotatable bonds is 5. The highest BCUT2D eigenvalue weighted by atomic mass is 35.5. The molecule has 0 bridgehead atoms. The zero-order chi connectivity index (χ0) is 16.3. The quantitative estimate of drug-likeness (QED) is 0.708.